The van der Waals surface area contributed by atoms with Crippen LogP contribution in [0, 0.1) is 0 Å². The van der Waals surface area contributed by atoms with E-state index >= 15 is 0 Å². The highest BCUT2D eigenvalue weighted by atomic mass is 127. The van der Waals surface area contributed by atoms with Crippen molar-refractivity contribution in [1.29, 1.82) is 0 Å². The average Bonchev–Trinajstić information content (AvgIpc) is 2.30. The summed E-state index contributed by atoms with van der Waals surface area (Å²) in [6, 6.07) is 8.76. The fourth-order valence-corrected chi connectivity index (χ4v) is 1.86. The maximum Gasteiger partial charge on any atom is 0.342 e. The molecule has 0 aromatic heterocycles. The largest absolute Gasteiger partial charge is 0.477 e. The molecule has 94 valence electrons. The lowest BCUT2D eigenvalue weighted by atomic mass is 10.2. The van der Waals surface area contributed by atoms with Crippen molar-refractivity contribution in [1.82, 2.24) is 0 Å². The molecule has 1 amide bonds. The number of hydrogen-bond acceptors (Lipinski definition) is 2. The maximum atomic E-state index is 12.2. The van der Waals surface area contributed by atoms with Gasteiger partial charge in [0.15, 0.2) is 0 Å². The lowest BCUT2D eigenvalue weighted by Gasteiger charge is -2.18. The van der Waals surface area contributed by atoms with Gasteiger partial charge < -0.3 is 5.11 Å². The first kappa shape index (κ1) is 14.4. The molecule has 1 N–H and O–H groups in total. The number of carboxylic acids is 1. The number of carbonyl (C=O) groups excluding carboxylic acids is 1. The Hall–Kier alpha value is -1.63. The molecular formula is C13H12INO3. The molecule has 0 unspecified atom stereocenters. The van der Waals surface area contributed by atoms with Gasteiger partial charge in [-0.1, -0.05) is 24.8 Å². The number of allylic oxidation sites excluding steroid dienone is 1. The minimum absolute atomic E-state index is 0.251. The first-order valence-corrected chi connectivity index (χ1v) is 6.17. The number of aliphatic carboxylic acids is 1. The lowest BCUT2D eigenvalue weighted by Crippen LogP contribution is -2.30. The smallest absolute Gasteiger partial charge is 0.342 e. The second-order valence-electron chi connectivity index (χ2n) is 3.41. The number of carbonyl (C=O) groups is 2. The molecule has 0 aliphatic rings. The summed E-state index contributed by atoms with van der Waals surface area (Å²) >= 11 is 1.82. The second kappa shape index (κ2) is 6.34. The number of halogens is 1. The number of amides is 1. The third kappa shape index (κ3) is 3.19. The monoisotopic (exact) mass is 357 g/mol. The van der Waals surface area contributed by atoms with Crippen LogP contribution < -0.4 is 4.90 Å². The van der Waals surface area contributed by atoms with Crippen LogP contribution in [-0.2, 0) is 9.59 Å². The predicted octanol–water partition coefficient (Wildman–Crippen LogP) is 2.96. The number of carboxylic acid groups (broad SMARTS) is 1. The molecule has 5 heteroatoms. The molecule has 4 nitrogen and oxygen atoms in total. The third-order valence-corrected chi connectivity index (χ3v) is 2.75. The number of benzene rings is 1. The van der Waals surface area contributed by atoms with Crippen molar-refractivity contribution in [2.45, 2.75) is 6.92 Å². The van der Waals surface area contributed by atoms with Gasteiger partial charge in [-0.05, 0) is 41.6 Å². The molecule has 0 spiro atoms. The Kier molecular flexibility index (Phi) is 5.08. The van der Waals surface area contributed by atoms with E-state index < -0.39 is 11.9 Å². The third-order valence-electron chi connectivity index (χ3n) is 2.21. The number of anilines is 1. The van der Waals surface area contributed by atoms with E-state index in [0.717, 1.165) is 0 Å². The normalized spacial score (nSPS) is 11.4. The first-order chi connectivity index (χ1) is 8.49. The Labute approximate surface area is 119 Å². The standard InChI is InChI=1S/C13H12INO3/c1-3-15(10-7-5-4-6-8-10)12(16)11(9(2)14)13(17)18/h3-8H,1H2,2H3,(H,17,18)/b11-9-. The van der Waals surface area contributed by atoms with Crippen LogP contribution in [0.1, 0.15) is 6.92 Å². The molecule has 0 aliphatic carbocycles. The van der Waals surface area contributed by atoms with E-state index in [1.54, 1.807) is 31.2 Å². The van der Waals surface area contributed by atoms with Crippen molar-refractivity contribution in [3.63, 3.8) is 0 Å². The number of nitrogens with zero attached hydrogens (tertiary/aromatic N) is 1. The summed E-state index contributed by atoms with van der Waals surface area (Å²) in [6.07, 6.45) is 1.31. The van der Waals surface area contributed by atoms with E-state index in [4.69, 9.17) is 5.11 Å². The Morgan fingerprint density at radius 1 is 1.33 bits per heavy atom. The van der Waals surface area contributed by atoms with Gasteiger partial charge in [-0.15, -0.1) is 0 Å². The highest BCUT2D eigenvalue weighted by molar-refractivity contribution is 14.1. The zero-order valence-electron chi connectivity index (χ0n) is 9.76. The van der Waals surface area contributed by atoms with Gasteiger partial charge >= 0.3 is 5.97 Å². The van der Waals surface area contributed by atoms with Gasteiger partial charge in [-0.2, -0.15) is 0 Å². The molecule has 0 saturated carbocycles. The van der Waals surface area contributed by atoms with Crippen molar-refractivity contribution in [3.05, 3.63) is 52.3 Å². The van der Waals surface area contributed by atoms with Crippen LogP contribution in [0.4, 0.5) is 5.69 Å². The summed E-state index contributed by atoms with van der Waals surface area (Å²) in [5.74, 6) is -1.84. The first-order valence-electron chi connectivity index (χ1n) is 5.10. The molecule has 18 heavy (non-hydrogen) atoms. The van der Waals surface area contributed by atoms with E-state index in [0.29, 0.717) is 9.27 Å². The molecule has 0 saturated heterocycles. The summed E-state index contributed by atoms with van der Waals surface area (Å²) in [7, 11) is 0. The van der Waals surface area contributed by atoms with Crippen LogP contribution in [0.15, 0.2) is 52.3 Å². The summed E-state index contributed by atoms with van der Waals surface area (Å²) < 4.78 is 0.424. The lowest BCUT2D eigenvalue weighted by molar-refractivity contribution is -0.134. The van der Waals surface area contributed by atoms with Crippen molar-refractivity contribution in [2.24, 2.45) is 0 Å². The summed E-state index contributed by atoms with van der Waals surface area (Å²) in [5.41, 5.74) is 0.327. The molecule has 0 bridgehead atoms. The van der Waals surface area contributed by atoms with Gasteiger partial charge in [-0.25, -0.2) is 4.79 Å². The van der Waals surface area contributed by atoms with Crippen LogP contribution in [0.3, 0.4) is 0 Å². The number of rotatable bonds is 4. The van der Waals surface area contributed by atoms with Gasteiger partial charge in [-0.3, -0.25) is 9.69 Å². The molecular weight excluding hydrogens is 345 g/mol. The van der Waals surface area contributed by atoms with Gasteiger partial charge in [0.25, 0.3) is 5.91 Å². The van der Waals surface area contributed by atoms with Crippen molar-refractivity contribution in [3.8, 4) is 0 Å². The second-order valence-corrected chi connectivity index (χ2v) is 5.03. The fraction of sp³-hybridized carbons (Fsp3) is 0.0769. The van der Waals surface area contributed by atoms with Gasteiger partial charge in [0.05, 0.1) is 0 Å². The van der Waals surface area contributed by atoms with Crippen molar-refractivity contribution >= 4 is 40.2 Å². The molecule has 0 heterocycles. The Balaban J connectivity index is 3.19. The van der Waals surface area contributed by atoms with E-state index in [1.807, 2.05) is 28.7 Å². The minimum atomic E-state index is -1.24. The zero-order valence-corrected chi connectivity index (χ0v) is 11.9. The fourth-order valence-electron chi connectivity index (χ4n) is 1.40. The van der Waals surface area contributed by atoms with Crippen LogP contribution in [-0.4, -0.2) is 17.0 Å². The average molecular weight is 357 g/mol. The topological polar surface area (TPSA) is 57.6 Å². The molecule has 0 radical (unpaired) electrons. The zero-order chi connectivity index (χ0) is 13.7. The summed E-state index contributed by atoms with van der Waals surface area (Å²) in [4.78, 5) is 24.5. The highest BCUT2D eigenvalue weighted by Crippen LogP contribution is 2.20. The van der Waals surface area contributed by atoms with E-state index in [2.05, 4.69) is 6.58 Å². The van der Waals surface area contributed by atoms with Gasteiger partial charge in [0.2, 0.25) is 0 Å². The van der Waals surface area contributed by atoms with Crippen LogP contribution >= 0.6 is 22.6 Å². The van der Waals surface area contributed by atoms with Gasteiger partial charge in [0.1, 0.15) is 5.57 Å². The molecule has 0 atom stereocenters. The Morgan fingerprint density at radius 2 is 1.89 bits per heavy atom. The molecule has 1 aromatic carbocycles. The van der Waals surface area contributed by atoms with Crippen LogP contribution in [0.2, 0.25) is 0 Å². The number of para-hydroxylation sites is 1. The molecule has 1 rings (SSSR count). The van der Waals surface area contributed by atoms with E-state index in [9.17, 15) is 9.59 Å². The minimum Gasteiger partial charge on any atom is -0.477 e. The van der Waals surface area contributed by atoms with Crippen LogP contribution in [0.25, 0.3) is 0 Å². The highest BCUT2D eigenvalue weighted by Gasteiger charge is 2.24. The van der Waals surface area contributed by atoms with E-state index in [-0.39, 0.29) is 5.57 Å². The number of hydrogen-bond donors (Lipinski definition) is 1. The summed E-state index contributed by atoms with van der Waals surface area (Å²) in [6.45, 7) is 5.12. The summed E-state index contributed by atoms with van der Waals surface area (Å²) in [5, 5.41) is 9.06. The Bertz CT molecular complexity index is 504. The molecule has 1 aromatic rings. The molecule has 0 fully saturated rings. The predicted molar refractivity (Wildman–Crippen MR) is 78.5 cm³/mol. The molecule has 0 aliphatic heterocycles. The van der Waals surface area contributed by atoms with Crippen molar-refractivity contribution < 1.29 is 14.7 Å². The maximum absolute atomic E-state index is 12.2. The van der Waals surface area contributed by atoms with E-state index in [1.165, 1.54) is 11.1 Å². The van der Waals surface area contributed by atoms with Crippen molar-refractivity contribution in [2.75, 3.05) is 4.90 Å². The van der Waals surface area contributed by atoms with Crippen LogP contribution in [0.5, 0.6) is 0 Å². The Morgan fingerprint density at radius 3 is 2.28 bits per heavy atom. The quantitative estimate of drug-likeness (QED) is 0.390. The van der Waals surface area contributed by atoms with Gasteiger partial charge in [0, 0.05) is 15.5 Å². The SMILES string of the molecule is C=CN(C(=O)/C(C(=O)O)=C(\C)I)c1ccccc1.